The Morgan fingerprint density at radius 2 is 2.19 bits per heavy atom. The van der Waals surface area contributed by atoms with Crippen LogP contribution in [-0.2, 0) is 4.79 Å². The maximum Gasteiger partial charge on any atom is 0.258 e. The average molecular weight is 221 g/mol. The standard InChI is InChI=1S/C12H15NO3/c1-15-10-3-2-4-11(7-10)16-8-12(14)13-9-5-6-9/h2-4,7,9H,5-6,8H2,1H3,(H,13,14). The summed E-state index contributed by atoms with van der Waals surface area (Å²) in [5.74, 6) is 1.30. The van der Waals surface area contributed by atoms with Crippen LogP contribution in [-0.4, -0.2) is 25.7 Å². The highest BCUT2D eigenvalue weighted by molar-refractivity contribution is 5.78. The van der Waals surface area contributed by atoms with Crippen LogP contribution in [0.2, 0.25) is 0 Å². The topological polar surface area (TPSA) is 47.6 Å². The lowest BCUT2D eigenvalue weighted by Crippen LogP contribution is -2.30. The van der Waals surface area contributed by atoms with Crippen molar-refractivity contribution in [2.24, 2.45) is 0 Å². The molecule has 0 aromatic heterocycles. The first-order chi connectivity index (χ1) is 7.78. The molecule has 2 rings (SSSR count). The van der Waals surface area contributed by atoms with Crippen LogP contribution in [0.15, 0.2) is 24.3 Å². The highest BCUT2D eigenvalue weighted by Crippen LogP contribution is 2.20. The third-order valence-corrected chi connectivity index (χ3v) is 2.35. The van der Waals surface area contributed by atoms with Crippen molar-refractivity contribution in [1.29, 1.82) is 0 Å². The summed E-state index contributed by atoms with van der Waals surface area (Å²) in [6.45, 7) is 0.0592. The van der Waals surface area contributed by atoms with Crippen molar-refractivity contribution in [3.05, 3.63) is 24.3 Å². The summed E-state index contributed by atoms with van der Waals surface area (Å²) in [5, 5.41) is 2.86. The number of methoxy groups -OCH3 is 1. The van der Waals surface area contributed by atoms with Crippen molar-refractivity contribution in [2.75, 3.05) is 13.7 Å². The lowest BCUT2D eigenvalue weighted by molar-refractivity contribution is -0.123. The van der Waals surface area contributed by atoms with Gasteiger partial charge in [0.05, 0.1) is 7.11 Å². The summed E-state index contributed by atoms with van der Waals surface area (Å²) in [5.41, 5.74) is 0. The van der Waals surface area contributed by atoms with Gasteiger partial charge < -0.3 is 14.8 Å². The first-order valence-corrected chi connectivity index (χ1v) is 5.34. The normalized spacial score (nSPS) is 14.3. The molecule has 1 aromatic rings. The summed E-state index contributed by atoms with van der Waals surface area (Å²) in [6.07, 6.45) is 2.18. The second-order valence-corrected chi connectivity index (χ2v) is 3.81. The van der Waals surface area contributed by atoms with Gasteiger partial charge in [-0.2, -0.15) is 0 Å². The second-order valence-electron chi connectivity index (χ2n) is 3.81. The highest BCUT2D eigenvalue weighted by atomic mass is 16.5. The average Bonchev–Trinajstić information content (AvgIpc) is 3.10. The van der Waals surface area contributed by atoms with E-state index in [4.69, 9.17) is 9.47 Å². The van der Waals surface area contributed by atoms with Gasteiger partial charge in [-0.15, -0.1) is 0 Å². The number of hydrogen-bond donors (Lipinski definition) is 1. The van der Waals surface area contributed by atoms with Gasteiger partial charge in [0.15, 0.2) is 6.61 Å². The van der Waals surface area contributed by atoms with E-state index in [9.17, 15) is 4.79 Å². The molecule has 0 heterocycles. The molecular formula is C12H15NO3. The van der Waals surface area contributed by atoms with Crippen LogP contribution in [0.25, 0.3) is 0 Å². The number of rotatable bonds is 5. The minimum absolute atomic E-state index is 0.0592. The van der Waals surface area contributed by atoms with E-state index in [0.29, 0.717) is 11.8 Å². The predicted octanol–water partition coefficient (Wildman–Crippen LogP) is 1.35. The molecule has 86 valence electrons. The maximum atomic E-state index is 11.4. The van der Waals surface area contributed by atoms with Crippen LogP contribution in [0, 0.1) is 0 Å². The Bertz CT molecular complexity index is 374. The Kier molecular flexibility index (Phi) is 3.29. The predicted molar refractivity (Wildman–Crippen MR) is 59.7 cm³/mol. The Morgan fingerprint density at radius 1 is 1.44 bits per heavy atom. The molecule has 1 aliphatic rings. The Morgan fingerprint density at radius 3 is 2.88 bits per heavy atom. The molecule has 0 saturated heterocycles. The van der Waals surface area contributed by atoms with Gasteiger partial charge in [0.2, 0.25) is 0 Å². The summed E-state index contributed by atoms with van der Waals surface area (Å²) in [6, 6.07) is 7.59. The maximum absolute atomic E-state index is 11.4. The smallest absolute Gasteiger partial charge is 0.258 e. The van der Waals surface area contributed by atoms with Crippen molar-refractivity contribution in [3.8, 4) is 11.5 Å². The van der Waals surface area contributed by atoms with Gasteiger partial charge in [-0.05, 0) is 25.0 Å². The largest absolute Gasteiger partial charge is 0.497 e. The van der Waals surface area contributed by atoms with Gasteiger partial charge in [0.1, 0.15) is 11.5 Å². The Hall–Kier alpha value is -1.71. The van der Waals surface area contributed by atoms with Crippen molar-refractivity contribution < 1.29 is 14.3 Å². The quantitative estimate of drug-likeness (QED) is 0.816. The Labute approximate surface area is 94.6 Å². The van der Waals surface area contributed by atoms with E-state index in [-0.39, 0.29) is 12.5 Å². The summed E-state index contributed by atoms with van der Waals surface area (Å²) in [7, 11) is 1.60. The minimum atomic E-state index is -0.0645. The monoisotopic (exact) mass is 221 g/mol. The van der Waals surface area contributed by atoms with E-state index in [1.54, 1.807) is 19.2 Å². The molecule has 1 N–H and O–H groups in total. The SMILES string of the molecule is COc1cccc(OCC(=O)NC2CC2)c1. The zero-order valence-corrected chi connectivity index (χ0v) is 9.23. The Balaban J connectivity index is 1.80. The first-order valence-electron chi connectivity index (χ1n) is 5.34. The molecule has 4 heteroatoms. The van der Waals surface area contributed by atoms with E-state index in [0.717, 1.165) is 18.6 Å². The van der Waals surface area contributed by atoms with Crippen LogP contribution < -0.4 is 14.8 Å². The second kappa shape index (κ2) is 4.88. The number of ether oxygens (including phenoxy) is 2. The van der Waals surface area contributed by atoms with Gasteiger partial charge >= 0.3 is 0 Å². The molecule has 1 saturated carbocycles. The summed E-state index contributed by atoms with van der Waals surface area (Å²) < 4.78 is 10.4. The molecule has 0 aliphatic heterocycles. The van der Waals surface area contributed by atoms with E-state index in [1.807, 2.05) is 12.1 Å². The molecule has 0 unspecified atom stereocenters. The fourth-order valence-corrected chi connectivity index (χ4v) is 1.34. The molecule has 16 heavy (non-hydrogen) atoms. The van der Waals surface area contributed by atoms with Crippen LogP contribution in [0.1, 0.15) is 12.8 Å². The van der Waals surface area contributed by atoms with Crippen molar-refractivity contribution in [1.82, 2.24) is 5.32 Å². The van der Waals surface area contributed by atoms with Gasteiger partial charge in [0.25, 0.3) is 5.91 Å². The molecule has 1 aromatic carbocycles. The van der Waals surface area contributed by atoms with E-state index < -0.39 is 0 Å². The lowest BCUT2D eigenvalue weighted by atomic mass is 10.3. The number of nitrogens with one attached hydrogen (secondary N) is 1. The van der Waals surface area contributed by atoms with Crippen molar-refractivity contribution in [2.45, 2.75) is 18.9 Å². The molecule has 1 aliphatic carbocycles. The number of carbonyl (C=O) groups excluding carboxylic acids is 1. The molecule has 1 amide bonds. The number of amides is 1. The highest BCUT2D eigenvalue weighted by Gasteiger charge is 2.23. The molecule has 1 fully saturated rings. The number of benzene rings is 1. The third-order valence-electron chi connectivity index (χ3n) is 2.35. The van der Waals surface area contributed by atoms with E-state index in [2.05, 4.69) is 5.32 Å². The molecule has 4 nitrogen and oxygen atoms in total. The van der Waals surface area contributed by atoms with Gasteiger partial charge in [-0.3, -0.25) is 4.79 Å². The fourth-order valence-electron chi connectivity index (χ4n) is 1.34. The third kappa shape index (κ3) is 3.15. The fraction of sp³-hybridized carbons (Fsp3) is 0.417. The molecule has 0 radical (unpaired) electrons. The molecule has 0 bridgehead atoms. The summed E-state index contributed by atoms with van der Waals surface area (Å²) in [4.78, 5) is 11.4. The first kappa shape index (κ1) is 10.8. The van der Waals surface area contributed by atoms with Gasteiger partial charge in [0, 0.05) is 12.1 Å². The summed E-state index contributed by atoms with van der Waals surface area (Å²) >= 11 is 0. The zero-order valence-electron chi connectivity index (χ0n) is 9.23. The van der Waals surface area contributed by atoms with Gasteiger partial charge in [-0.1, -0.05) is 6.07 Å². The van der Waals surface area contributed by atoms with Crippen LogP contribution in [0.3, 0.4) is 0 Å². The van der Waals surface area contributed by atoms with E-state index >= 15 is 0 Å². The van der Waals surface area contributed by atoms with Crippen molar-refractivity contribution >= 4 is 5.91 Å². The van der Waals surface area contributed by atoms with Crippen LogP contribution in [0.5, 0.6) is 11.5 Å². The van der Waals surface area contributed by atoms with Crippen LogP contribution >= 0.6 is 0 Å². The number of carbonyl (C=O) groups is 1. The lowest BCUT2D eigenvalue weighted by Gasteiger charge is -2.07. The minimum Gasteiger partial charge on any atom is -0.497 e. The molecular weight excluding hydrogens is 206 g/mol. The van der Waals surface area contributed by atoms with Crippen molar-refractivity contribution in [3.63, 3.8) is 0 Å². The molecule has 0 spiro atoms. The van der Waals surface area contributed by atoms with Crippen LogP contribution in [0.4, 0.5) is 0 Å². The molecule has 0 atom stereocenters. The van der Waals surface area contributed by atoms with Gasteiger partial charge in [-0.25, -0.2) is 0 Å². The number of hydrogen-bond acceptors (Lipinski definition) is 3. The van der Waals surface area contributed by atoms with E-state index in [1.165, 1.54) is 0 Å². The zero-order chi connectivity index (χ0) is 11.4.